The molecule has 0 aliphatic carbocycles. The highest BCUT2D eigenvalue weighted by Gasteiger charge is 2.39. The minimum absolute atomic E-state index is 0.0106. The lowest BCUT2D eigenvalue weighted by Gasteiger charge is -2.28. The average molecular weight is 220 g/mol. The minimum atomic E-state index is -2.91. The molecule has 0 bridgehead atoms. The molecule has 0 aromatic heterocycles. The number of hydrogen-bond acceptors (Lipinski definition) is 3. The molecule has 0 saturated carbocycles. The van der Waals surface area contributed by atoms with Gasteiger partial charge in [-0.15, -0.1) is 0 Å². The van der Waals surface area contributed by atoms with Gasteiger partial charge in [0.1, 0.15) is 0 Å². The van der Waals surface area contributed by atoms with Crippen LogP contribution in [0.2, 0.25) is 0 Å². The quantitative estimate of drug-likeness (QED) is 0.767. The van der Waals surface area contributed by atoms with E-state index in [0.717, 1.165) is 0 Å². The fourth-order valence-corrected chi connectivity index (χ4v) is 3.99. The summed E-state index contributed by atoms with van der Waals surface area (Å²) in [6.45, 7) is 3.65. The van der Waals surface area contributed by atoms with Crippen molar-refractivity contribution in [1.29, 1.82) is 0 Å². The Morgan fingerprint density at radius 1 is 1.50 bits per heavy atom. The fraction of sp³-hybridized carbons (Fsp3) is 0.889. The second-order valence-electron chi connectivity index (χ2n) is 4.66. The molecule has 0 radical (unpaired) electrons. The first-order chi connectivity index (χ1) is 6.23. The first-order valence-electron chi connectivity index (χ1n) is 4.65. The van der Waals surface area contributed by atoms with Gasteiger partial charge in [0.15, 0.2) is 9.84 Å². The lowest BCUT2D eigenvalue weighted by Crippen LogP contribution is -2.28. The molecule has 1 unspecified atom stereocenters. The third kappa shape index (κ3) is 2.70. The van der Waals surface area contributed by atoms with Gasteiger partial charge in [0.25, 0.3) is 0 Å². The summed E-state index contributed by atoms with van der Waals surface area (Å²) in [5, 5.41) is 8.69. The molecule has 1 heterocycles. The normalized spacial score (nSPS) is 26.3. The van der Waals surface area contributed by atoms with Crippen molar-refractivity contribution < 1.29 is 18.3 Å². The maximum absolute atomic E-state index is 11.2. The van der Waals surface area contributed by atoms with Crippen molar-refractivity contribution in [2.45, 2.75) is 26.7 Å². The first-order valence-corrected chi connectivity index (χ1v) is 6.47. The predicted molar refractivity (Wildman–Crippen MR) is 52.8 cm³/mol. The van der Waals surface area contributed by atoms with Crippen LogP contribution in [0.3, 0.4) is 0 Å². The zero-order valence-corrected chi connectivity index (χ0v) is 9.30. The van der Waals surface area contributed by atoms with Crippen LogP contribution in [0, 0.1) is 11.3 Å². The van der Waals surface area contributed by atoms with Gasteiger partial charge in [-0.1, -0.05) is 13.8 Å². The van der Waals surface area contributed by atoms with Crippen LogP contribution in [-0.2, 0) is 14.6 Å². The lowest BCUT2D eigenvalue weighted by molar-refractivity contribution is -0.140. The Hall–Kier alpha value is -0.580. The van der Waals surface area contributed by atoms with Crippen LogP contribution >= 0.6 is 0 Å². The van der Waals surface area contributed by atoms with E-state index in [1.807, 2.05) is 13.8 Å². The van der Waals surface area contributed by atoms with Gasteiger partial charge in [-0.3, -0.25) is 4.79 Å². The standard InChI is InChI=1S/C9H16O4S/c1-9(2,5-8(10)11)7-3-4-14(12,13)6-7/h7H,3-6H2,1-2H3,(H,10,11). The SMILES string of the molecule is CC(C)(CC(=O)O)C1CCS(=O)(=O)C1. The molecule has 5 heteroatoms. The molecular formula is C9H16O4S. The van der Waals surface area contributed by atoms with Crippen LogP contribution < -0.4 is 0 Å². The Morgan fingerprint density at radius 2 is 2.07 bits per heavy atom. The minimum Gasteiger partial charge on any atom is -0.481 e. The number of rotatable bonds is 3. The molecule has 82 valence electrons. The summed E-state index contributed by atoms with van der Waals surface area (Å²) in [6.07, 6.45) is 0.635. The van der Waals surface area contributed by atoms with Gasteiger partial charge in [-0.25, -0.2) is 8.42 Å². The summed E-state index contributed by atoms with van der Waals surface area (Å²) >= 11 is 0. The van der Waals surface area contributed by atoms with Gasteiger partial charge in [-0.2, -0.15) is 0 Å². The Kier molecular flexibility index (Phi) is 2.90. The first kappa shape index (κ1) is 11.5. The number of carboxylic acid groups (broad SMARTS) is 1. The van der Waals surface area contributed by atoms with Crippen LogP contribution in [0.25, 0.3) is 0 Å². The maximum Gasteiger partial charge on any atom is 0.303 e. The number of hydrogen-bond donors (Lipinski definition) is 1. The largest absolute Gasteiger partial charge is 0.481 e. The van der Waals surface area contributed by atoms with Crippen LogP contribution in [0.4, 0.5) is 0 Å². The van der Waals surface area contributed by atoms with E-state index in [4.69, 9.17) is 5.11 Å². The molecule has 4 nitrogen and oxygen atoms in total. The van der Waals surface area contributed by atoms with E-state index in [1.165, 1.54) is 0 Å². The van der Waals surface area contributed by atoms with Crippen LogP contribution in [0.5, 0.6) is 0 Å². The van der Waals surface area contributed by atoms with E-state index in [0.29, 0.717) is 6.42 Å². The summed E-state index contributed by atoms with van der Waals surface area (Å²) < 4.78 is 22.5. The van der Waals surface area contributed by atoms with Gasteiger partial charge in [0, 0.05) is 0 Å². The van der Waals surface area contributed by atoms with E-state index in [2.05, 4.69) is 0 Å². The van der Waals surface area contributed by atoms with Crippen molar-refractivity contribution in [3.63, 3.8) is 0 Å². The Bertz CT molecular complexity index is 329. The second-order valence-corrected chi connectivity index (χ2v) is 6.89. The summed E-state index contributed by atoms with van der Waals surface area (Å²) in [6, 6.07) is 0. The average Bonchev–Trinajstić information content (AvgIpc) is 2.27. The molecule has 0 spiro atoms. The third-order valence-corrected chi connectivity index (χ3v) is 4.71. The second kappa shape index (κ2) is 3.53. The lowest BCUT2D eigenvalue weighted by atomic mass is 9.76. The van der Waals surface area contributed by atoms with Crippen molar-refractivity contribution in [2.24, 2.45) is 11.3 Å². The fourth-order valence-electron chi connectivity index (χ4n) is 1.95. The number of carboxylic acids is 1. The maximum atomic E-state index is 11.2. The van der Waals surface area contributed by atoms with Crippen LogP contribution in [0.15, 0.2) is 0 Å². The Balaban J connectivity index is 2.71. The predicted octanol–water partition coefficient (Wildman–Crippen LogP) is 0.922. The monoisotopic (exact) mass is 220 g/mol. The highest BCUT2D eigenvalue weighted by molar-refractivity contribution is 7.91. The zero-order chi connectivity index (χ0) is 11.0. The topological polar surface area (TPSA) is 71.4 Å². The molecule has 1 saturated heterocycles. The molecular weight excluding hydrogens is 204 g/mol. The van der Waals surface area contributed by atoms with Crippen molar-refractivity contribution in [3.05, 3.63) is 0 Å². The molecule has 1 atom stereocenters. The van der Waals surface area contributed by atoms with Crippen LogP contribution in [-0.4, -0.2) is 31.0 Å². The number of aliphatic carboxylic acids is 1. The van der Waals surface area contributed by atoms with Gasteiger partial charge in [0.05, 0.1) is 17.9 Å². The van der Waals surface area contributed by atoms with Crippen molar-refractivity contribution >= 4 is 15.8 Å². The van der Waals surface area contributed by atoms with Crippen molar-refractivity contribution in [2.75, 3.05) is 11.5 Å². The van der Waals surface area contributed by atoms with E-state index >= 15 is 0 Å². The molecule has 1 rings (SSSR count). The Labute approximate surface area is 84.2 Å². The van der Waals surface area contributed by atoms with E-state index < -0.39 is 21.2 Å². The van der Waals surface area contributed by atoms with E-state index in [1.54, 1.807) is 0 Å². The number of carbonyl (C=O) groups is 1. The summed E-state index contributed by atoms with van der Waals surface area (Å²) in [7, 11) is -2.91. The molecule has 1 aliphatic heterocycles. The molecule has 0 amide bonds. The molecule has 1 fully saturated rings. The summed E-state index contributed by atoms with van der Waals surface area (Å²) in [4.78, 5) is 10.6. The van der Waals surface area contributed by atoms with Crippen molar-refractivity contribution in [3.8, 4) is 0 Å². The summed E-state index contributed by atoms with van der Waals surface area (Å²) in [5.41, 5.74) is -0.421. The molecule has 14 heavy (non-hydrogen) atoms. The summed E-state index contributed by atoms with van der Waals surface area (Å²) in [5.74, 6) is -0.517. The molecule has 0 aromatic rings. The third-order valence-electron chi connectivity index (χ3n) is 2.94. The van der Waals surface area contributed by atoms with Gasteiger partial charge in [0.2, 0.25) is 0 Å². The van der Waals surface area contributed by atoms with E-state index in [9.17, 15) is 13.2 Å². The van der Waals surface area contributed by atoms with Crippen molar-refractivity contribution in [1.82, 2.24) is 0 Å². The van der Waals surface area contributed by atoms with Gasteiger partial charge < -0.3 is 5.11 Å². The zero-order valence-electron chi connectivity index (χ0n) is 8.49. The molecule has 1 aliphatic rings. The van der Waals surface area contributed by atoms with Gasteiger partial charge >= 0.3 is 5.97 Å². The highest BCUT2D eigenvalue weighted by atomic mass is 32.2. The smallest absolute Gasteiger partial charge is 0.303 e. The molecule has 1 N–H and O–H groups in total. The molecule has 0 aromatic carbocycles. The number of sulfone groups is 1. The Morgan fingerprint density at radius 3 is 2.43 bits per heavy atom. The van der Waals surface area contributed by atoms with Crippen LogP contribution in [0.1, 0.15) is 26.7 Å². The highest BCUT2D eigenvalue weighted by Crippen LogP contribution is 2.37. The van der Waals surface area contributed by atoms with E-state index in [-0.39, 0.29) is 23.8 Å². The van der Waals surface area contributed by atoms with Gasteiger partial charge in [-0.05, 0) is 17.8 Å².